The van der Waals surface area contributed by atoms with Crippen molar-refractivity contribution in [3.63, 3.8) is 0 Å². The van der Waals surface area contributed by atoms with Gasteiger partial charge in [0.1, 0.15) is 0 Å². The van der Waals surface area contributed by atoms with E-state index in [0.29, 0.717) is 11.8 Å². The topological polar surface area (TPSA) is 46.9 Å². The Labute approximate surface area is 144 Å². The van der Waals surface area contributed by atoms with E-state index in [1.807, 2.05) is 11.5 Å². The van der Waals surface area contributed by atoms with Gasteiger partial charge in [-0.25, -0.2) is 4.98 Å². The Morgan fingerprint density at radius 3 is 3.04 bits per heavy atom. The van der Waals surface area contributed by atoms with Crippen molar-refractivity contribution in [1.82, 2.24) is 14.9 Å². The lowest BCUT2D eigenvalue weighted by atomic mass is 9.83. The summed E-state index contributed by atoms with van der Waals surface area (Å²) in [5, 5.41) is 4.59. The van der Waals surface area contributed by atoms with Gasteiger partial charge in [0, 0.05) is 30.8 Å². The molecule has 2 bridgehead atoms. The number of aromatic nitrogens is 2. The number of hydrogen-bond acceptors (Lipinski definition) is 4. The Bertz CT molecular complexity index is 1000. The maximum atomic E-state index is 12.7. The van der Waals surface area contributed by atoms with Crippen LogP contribution in [0.25, 0.3) is 21.3 Å². The van der Waals surface area contributed by atoms with E-state index in [1.54, 1.807) is 17.4 Å². The first-order valence-electron chi connectivity index (χ1n) is 8.50. The molecule has 0 unspecified atom stereocenters. The molecule has 1 aromatic carbocycles. The van der Waals surface area contributed by atoms with E-state index in [0.717, 1.165) is 41.3 Å². The summed E-state index contributed by atoms with van der Waals surface area (Å²) in [5.41, 5.74) is 4.44. The minimum atomic E-state index is 0.133. The maximum absolute atomic E-state index is 12.7. The van der Waals surface area contributed by atoms with Gasteiger partial charge >= 0.3 is 0 Å². The molecule has 24 heavy (non-hydrogen) atoms. The highest BCUT2D eigenvalue weighted by molar-refractivity contribution is 7.18. The summed E-state index contributed by atoms with van der Waals surface area (Å²) >= 11 is 1.71. The van der Waals surface area contributed by atoms with Crippen LogP contribution in [0.1, 0.15) is 23.0 Å². The normalized spacial score (nSPS) is 22.5. The van der Waals surface area contributed by atoms with Crippen LogP contribution in [0.3, 0.4) is 0 Å². The number of pyridine rings is 1. The lowest BCUT2D eigenvalue weighted by Crippen LogP contribution is -2.44. The molecule has 3 aromatic rings. The first kappa shape index (κ1) is 14.4. The van der Waals surface area contributed by atoms with E-state index in [4.69, 9.17) is 0 Å². The van der Waals surface area contributed by atoms with Crippen LogP contribution < -0.4 is 10.9 Å². The molecule has 122 valence electrons. The van der Waals surface area contributed by atoms with Crippen LogP contribution in [0.4, 0.5) is 0 Å². The zero-order valence-corrected chi connectivity index (χ0v) is 14.4. The fourth-order valence-corrected chi connectivity index (χ4v) is 5.00. The molecule has 1 saturated heterocycles. The number of hydrogen-bond donors (Lipinski definition) is 1. The monoisotopic (exact) mass is 337 g/mol. The Kier molecular flexibility index (Phi) is 3.15. The van der Waals surface area contributed by atoms with Crippen LogP contribution in [-0.2, 0) is 6.54 Å². The largest absolute Gasteiger partial charge is 0.316 e. The fourth-order valence-electron chi connectivity index (χ4n) is 4.19. The zero-order chi connectivity index (χ0) is 16.3. The van der Waals surface area contributed by atoms with Crippen molar-refractivity contribution in [2.45, 2.75) is 25.8 Å². The lowest BCUT2D eigenvalue weighted by molar-refractivity contribution is 0.257. The van der Waals surface area contributed by atoms with Gasteiger partial charge in [-0.15, -0.1) is 11.3 Å². The number of aryl methyl sites for hydroxylation is 1. The van der Waals surface area contributed by atoms with Gasteiger partial charge in [0.25, 0.3) is 5.56 Å². The highest BCUT2D eigenvalue weighted by atomic mass is 32.1. The Balaban J connectivity index is 1.65. The molecular weight excluding hydrogens is 318 g/mol. The molecule has 2 aromatic heterocycles. The molecule has 0 radical (unpaired) electrons. The van der Waals surface area contributed by atoms with Crippen LogP contribution in [-0.4, -0.2) is 22.6 Å². The summed E-state index contributed by atoms with van der Waals surface area (Å²) in [6.45, 7) is 4.89. The zero-order valence-electron chi connectivity index (χ0n) is 13.6. The number of piperidine rings is 1. The molecular formula is C19H19N3OS. The smallest absolute Gasteiger partial charge is 0.251 e. The minimum Gasteiger partial charge on any atom is -0.316 e. The predicted molar refractivity (Wildman–Crippen MR) is 97.8 cm³/mol. The molecule has 0 spiro atoms. The van der Waals surface area contributed by atoms with Crippen molar-refractivity contribution < 1.29 is 0 Å². The number of nitrogens with zero attached hydrogens (tertiary/aromatic N) is 2. The van der Waals surface area contributed by atoms with Crippen LogP contribution >= 0.6 is 11.3 Å². The standard InChI is InChI=1S/C19H19N3OS/c1-11-21-16-5-13(2-3-18(16)24-11)14-6-17-15-4-12(8-20-9-15)10-22(17)19(23)7-14/h2-3,5-7,12,15,20H,4,8-10H2,1H3/t12-,15+/m0/s1. The average Bonchev–Trinajstić information content (AvgIpc) is 2.95. The van der Waals surface area contributed by atoms with Crippen LogP contribution in [0, 0.1) is 12.8 Å². The van der Waals surface area contributed by atoms with Crippen molar-refractivity contribution in [3.8, 4) is 11.1 Å². The molecule has 2 atom stereocenters. The van der Waals surface area contributed by atoms with E-state index >= 15 is 0 Å². The quantitative estimate of drug-likeness (QED) is 0.742. The second kappa shape index (κ2) is 5.26. The predicted octanol–water partition coefficient (Wildman–Crippen LogP) is 3.14. The third-order valence-corrected chi connectivity index (χ3v) is 6.24. The second-order valence-corrected chi connectivity index (χ2v) is 8.22. The maximum Gasteiger partial charge on any atom is 0.251 e. The molecule has 5 rings (SSSR count). The van der Waals surface area contributed by atoms with E-state index in [-0.39, 0.29) is 5.56 Å². The van der Waals surface area contributed by atoms with Crippen molar-refractivity contribution >= 4 is 21.6 Å². The van der Waals surface area contributed by atoms with Gasteiger partial charge in [0.2, 0.25) is 0 Å². The third kappa shape index (κ3) is 2.23. The molecule has 2 aliphatic heterocycles. The SMILES string of the molecule is Cc1nc2cc(-c3cc4n(c(=O)c3)C[C@@H]3CNC[C@H]4C3)ccc2s1. The molecule has 1 N–H and O–H groups in total. The highest BCUT2D eigenvalue weighted by Crippen LogP contribution is 2.34. The molecule has 1 fully saturated rings. The van der Waals surface area contributed by atoms with Crippen LogP contribution in [0.15, 0.2) is 35.1 Å². The average molecular weight is 337 g/mol. The first-order chi connectivity index (χ1) is 11.7. The number of benzene rings is 1. The number of rotatable bonds is 1. The molecule has 4 heterocycles. The van der Waals surface area contributed by atoms with Crippen molar-refractivity contribution in [1.29, 1.82) is 0 Å². The highest BCUT2D eigenvalue weighted by Gasteiger charge is 2.31. The molecule has 0 saturated carbocycles. The third-order valence-electron chi connectivity index (χ3n) is 5.29. The van der Waals surface area contributed by atoms with Gasteiger partial charge in [-0.2, -0.15) is 0 Å². The minimum absolute atomic E-state index is 0.133. The summed E-state index contributed by atoms with van der Waals surface area (Å²) in [4.78, 5) is 17.3. The Morgan fingerprint density at radius 2 is 2.12 bits per heavy atom. The molecule has 5 heteroatoms. The molecule has 2 aliphatic rings. The second-order valence-electron chi connectivity index (χ2n) is 6.99. The van der Waals surface area contributed by atoms with E-state index in [9.17, 15) is 4.79 Å². The summed E-state index contributed by atoms with van der Waals surface area (Å²) in [6, 6.07) is 10.3. The Hall–Kier alpha value is -1.98. The fraction of sp³-hybridized carbons (Fsp3) is 0.368. The van der Waals surface area contributed by atoms with Crippen molar-refractivity contribution in [2.75, 3.05) is 13.1 Å². The number of thiazole rings is 1. The molecule has 4 nitrogen and oxygen atoms in total. The number of nitrogens with one attached hydrogen (secondary N) is 1. The number of fused-ring (bicyclic) bond motifs is 5. The Morgan fingerprint density at radius 1 is 1.21 bits per heavy atom. The summed E-state index contributed by atoms with van der Waals surface area (Å²) < 4.78 is 3.19. The molecule has 0 amide bonds. The van der Waals surface area contributed by atoms with Crippen molar-refractivity contribution in [2.24, 2.45) is 5.92 Å². The van der Waals surface area contributed by atoms with Crippen LogP contribution in [0.5, 0.6) is 0 Å². The van der Waals surface area contributed by atoms with Gasteiger partial charge in [-0.05, 0) is 55.1 Å². The first-order valence-corrected chi connectivity index (χ1v) is 9.32. The van der Waals surface area contributed by atoms with Gasteiger partial charge < -0.3 is 9.88 Å². The van der Waals surface area contributed by atoms with Gasteiger partial charge in [-0.1, -0.05) is 6.07 Å². The van der Waals surface area contributed by atoms with Crippen molar-refractivity contribution in [3.05, 3.63) is 51.4 Å². The summed E-state index contributed by atoms with van der Waals surface area (Å²) in [5.74, 6) is 1.05. The van der Waals surface area contributed by atoms with E-state index in [2.05, 4.69) is 34.6 Å². The van der Waals surface area contributed by atoms with Gasteiger partial charge in [0.05, 0.1) is 15.2 Å². The van der Waals surface area contributed by atoms with Gasteiger partial charge in [-0.3, -0.25) is 4.79 Å². The van der Waals surface area contributed by atoms with Crippen LogP contribution in [0.2, 0.25) is 0 Å². The summed E-state index contributed by atoms with van der Waals surface area (Å²) in [7, 11) is 0. The van der Waals surface area contributed by atoms with E-state index in [1.165, 1.54) is 16.8 Å². The lowest BCUT2D eigenvalue weighted by Gasteiger charge is -2.37. The van der Waals surface area contributed by atoms with E-state index < -0.39 is 0 Å². The van der Waals surface area contributed by atoms with Gasteiger partial charge in [0.15, 0.2) is 0 Å². The molecule has 0 aliphatic carbocycles. The summed E-state index contributed by atoms with van der Waals surface area (Å²) in [6.07, 6.45) is 1.19.